The highest BCUT2D eigenvalue weighted by molar-refractivity contribution is 7.92. The van der Waals surface area contributed by atoms with Crippen molar-refractivity contribution in [1.82, 2.24) is 0 Å². The Labute approximate surface area is 153 Å². The molecular formula is C20H19NO4S. The van der Waals surface area contributed by atoms with Crippen molar-refractivity contribution >= 4 is 15.7 Å². The van der Waals surface area contributed by atoms with E-state index in [2.05, 4.69) is 4.72 Å². The van der Waals surface area contributed by atoms with Crippen molar-refractivity contribution in [3.05, 3.63) is 72.8 Å². The van der Waals surface area contributed by atoms with E-state index in [1.54, 1.807) is 42.5 Å². The van der Waals surface area contributed by atoms with Crippen LogP contribution in [-0.4, -0.2) is 22.6 Å². The van der Waals surface area contributed by atoms with Crippen LogP contribution in [0.3, 0.4) is 0 Å². The Hall–Kier alpha value is -2.99. The van der Waals surface area contributed by atoms with Gasteiger partial charge in [0.1, 0.15) is 11.5 Å². The summed E-state index contributed by atoms with van der Waals surface area (Å²) in [6.07, 6.45) is 0. The van der Waals surface area contributed by atoms with Crippen molar-refractivity contribution in [2.45, 2.75) is 4.90 Å². The molecule has 134 valence electrons. The van der Waals surface area contributed by atoms with Crippen molar-refractivity contribution in [2.24, 2.45) is 0 Å². The van der Waals surface area contributed by atoms with Gasteiger partial charge in [-0.3, -0.25) is 4.72 Å². The largest absolute Gasteiger partial charge is 0.497 e. The first-order valence-electron chi connectivity index (χ1n) is 7.93. The lowest BCUT2D eigenvalue weighted by atomic mass is 10.1. The fraction of sp³-hybridized carbons (Fsp3) is 0.100. The van der Waals surface area contributed by atoms with E-state index in [1.807, 2.05) is 30.3 Å². The van der Waals surface area contributed by atoms with Crippen LogP contribution < -0.4 is 14.2 Å². The molecule has 0 bridgehead atoms. The average molecular weight is 369 g/mol. The molecule has 0 aliphatic rings. The number of benzene rings is 3. The molecule has 0 amide bonds. The summed E-state index contributed by atoms with van der Waals surface area (Å²) < 4.78 is 38.2. The van der Waals surface area contributed by atoms with Gasteiger partial charge in [0, 0.05) is 18.2 Å². The molecule has 3 aromatic carbocycles. The Morgan fingerprint density at radius 1 is 0.731 bits per heavy atom. The highest BCUT2D eigenvalue weighted by Gasteiger charge is 2.15. The van der Waals surface area contributed by atoms with Gasteiger partial charge in [-0.1, -0.05) is 42.5 Å². The predicted octanol–water partition coefficient (Wildman–Crippen LogP) is 4.17. The maximum atomic E-state index is 12.7. The molecule has 6 heteroatoms. The Balaban J connectivity index is 1.87. The first-order chi connectivity index (χ1) is 12.5. The van der Waals surface area contributed by atoms with Crippen molar-refractivity contribution in [3.8, 4) is 22.6 Å². The third-order valence-corrected chi connectivity index (χ3v) is 5.27. The maximum Gasteiger partial charge on any atom is 0.261 e. The van der Waals surface area contributed by atoms with E-state index in [4.69, 9.17) is 9.47 Å². The molecule has 3 aromatic rings. The minimum absolute atomic E-state index is 0.180. The SMILES string of the molecule is COc1cc(NS(=O)(=O)c2ccc(-c3ccccc3)cc2)cc(OC)c1. The number of nitrogens with one attached hydrogen (secondary N) is 1. The molecular weight excluding hydrogens is 350 g/mol. The van der Waals surface area contributed by atoms with Crippen molar-refractivity contribution in [1.29, 1.82) is 0 Å². The first-order valence-corrected chi connectivity index (χ1v) is 9.41. The summed E-state index contributed by atoms with van der Waals surface area (Å²) in [7, 11) is -0.705. The Kier molecular flexibility index (Phi) is 5.14. The minimum Gasteiger partial charge on any atom is -0.497 e. The summed E-state index contributed by atoms with van der Waals surface area (Å²) in [4.78, 5) is 0.180. The molecule has 0 radical (unpaired) electrons. The lowest BCUT2D eigenvalue weighted by Gasteiger charge is -2.12. The molecule has 1 N–H and O–H groups in total. The Morgan fingerprint density at radius 2 is 1.27 bits per heavy atom. The number of hydrogen-bond acceptors (Lipinski definition) is 4. The molecule has 0 aromatic heterocycles. The predicted molar refractivity (Wildman–Crippen MR) is 102 cm³/mol. The first kappa shape index (κ1) is 17.8. The molecule has 0 aliphatic carbocycles. The zero-order chi connectivity index (χ0) is 18.6. The van der Waals surface area contributed by atoms with Crippen LogP contribution in [0.5, 0.6) is 11.5 Å². The maximum absolute atomic E-state index is 12.7. The van der Waals surface area contributed by atoms with Crippen LogP contribution in [0.1, 0.15) is 0 Å². The molecule has 5 nitrogen and oxygen atoms in total. The fourth-order valence-electron chi connectivity index (χ4n) is 2.54. The van der Waals surface area contributed by atoms with E-state index in [1.165, 1.54) is 14.2 Å². The van der Waals surface area contributed by atoms with Crippen LogP contribution in [0.15, 0.2) is 77.7 Å². The van der Waals surface area contributed by atoms with Crippen LogP contribution in [-0.2, 0) is 10.0 Å². The molecule has 0 saturated heterocycles. The average Bonchev–Trinajstić information content (AvgIpc) is 2.68. The van der Waals surface area contributed by atoms with Gasteiger partial charge in [-0.15, -0.1) is 0 Å². The summed E-state index contributed by atoms with van der Waals surface area (Å²) >= 11 is 0. The van der Waals surface area contributed by atoms with E-state index < -0.39 is 10.0 Å². The number of ether oxygens (including phenoxy) is 2. The van der Waals surface area contributed by atoms with Crippen LogP contribution >= 0.6 is 0 Å². The van der Waals surface area contributed by atoms with Gasteiger partial charge in [0.25, 0.3) is 10.0 Å². The topological polar surface area (TPSA) is 64.6 Å². The van der Waals surface area contributed by atoms with E-state index in [0.717, 1.165) is 11.1 Å². The molecule has 0 aliphatic heterocycles. The van der Waals surface area contributed by atoms with Gasteiger partial charge in [0.05, 0.1) is 24.8 Å². The van der Waals surface area contributed by atoms with Crippen LogP contribution in [0.25, 0.3) is 11.1 Å². The summed E-state index contributed by atoms with van der Waals surface area (Å²) in [5.41, 5.74) is 2.35. The number of rotatable bonds is 6. The second-order valence-corrected chi connectivity index (χ2v) is 7.28. The molecule has 0 fully saturated rings. The quantitative estimate of drug-likeness (QED) is 0.708. The smallest absolute Gasteiger partial charge is 0.261 e. The van der Waals surface area contributed by atoms with Crippen LogP contribution in [0, 0.1) is 0 Å². The monoisotopic (exact) mass is 369 g/mol. The van der Waals surface area contributed by atoms with Gasteiger partial charge in [0.2, 0.25) is 0 Å². The zero-order valence-corrected chi connectivity index (χ0v) is 15.3. The third-order valence-electron chi connectivity index (χ3n) is 3.88. The molecule has 0 atom stereocenters. The van der Waals surface area contributed by atoms with Crippen molar-refractivity contribution < 1.29 is 17.9 Å². The van der Waals surface area contributed by atoms with Gasteiger partial charge < -0.3 is 9.47 Å². The molecule has 0 unspecified atom stereocenters. The molecule has 0 saturated carbocycles. The fourth-order valence-corrected chi connectivity index (χ4v) is 3.58. The van der Waals surface area contributed by atoms with Crippen LogP contribution in [0.2, 0.25) is 0 Å². The van der Waals surface area contributed by atoms with E-state index in [9.17, 15) is 8.42 Å². The van der Waals surface area contributed by atoms with Gasteiger partial charge in [-0.05, 0) is 23.3 Å². The molecule has 0 spiro atoms. The van der Waals surface area contributed by atoms with Gasteiger partial charge in [-0.2, -0.15) is 0 Å². The Bertz CT molecular complexity index is 962. The second kappa shape index (κ2) is 7.49. The van der Waals surface area contributed by atoms with E-state index in [-0.39, 0.29) is 4.90 Å². The lowest BCUT2D eigenvalue weighted by molar-refractivity contribution is 0.395. The second-order valence-electron chi connectivity index (χ2n) is 5.60. The normalized spacial score (nSPS) is 11.0. The van der Waals surface area contributed by atoms with E-state index in [0.29, 0.717) is 17.2 Å². The number of anilines is 1. The zero-order valence-electron chi connectivity index (χ0n) is 14.5. The molecule has 0 heterocycles. The number of sulfonamides is 1. The van der Waals surface area contributed by atoms with Gasteiger partial charge >= 0.3 is 0 Å². The Morgan fingerprint density at radius 3 is 1.81 bits per heavy atom. The summed E-state index contributed by atoms with van der Waals surface area (Å²) in [5.74, 6) is 1.00. The summed E-state index contributed by atoms with van der Waals surface area (Å²) in [5, 5.41) is 0. The van der Waals surface area contributed by atoms with Gasteiger partial charge in [-0.25, -0.2) is 8.42 Å². The van der Waals surface area contributed by atoms with Crippen molar-refractivity contribution in [2.75, 3.05) is 18.9 Å². The third kappa shape index (κ3) is 3.97. The minimum atomic E-state index is -3.72. The molecule has 26 heavy (non-hydrogen) atoms. The number of methoxy groups -OCH3 is 2. The van der Waals surface area contributed by atoms with Gasteiger partial charge in [0.15, 0.2) is 0 Å². The van der Waals surface area contributed by atoms with Crippen LogP contribution in [0.4, 0.5) is 5.69 Å². The molecule has 3 rings (SSSR count). The van der Waals surface area contributed by atoms with Crippen molar-refractivity contribution in [3.63, 3.8) is 0 Å². The highest BCUT2D eigenvalue weighted by atomic mass is 32.2. The standard InChI is InChI=1S/C20H19NO4S/c1-24-18-12-17(13-19(14-18)25-2)21-26(22,23)20-10-8-16(9-11-20)15-6-4-3-5-7-15/h3-14,21H,1-2H3. The highest BCUT2D eigenvalue weighted by Crippen LogP contribution is 2.28. The summed E-state index contributed by atoms with van der Waals surface area (Å²) in [6.45, 7) is 0. The summed E-state index contributed by atoms with van der Waals surface area (Å²) in [6, 6.07) is 21.4. The number of hydrogen-bond donors (Lipinski definition) is 1. The van der Waals surface area contributed by atoms with E-state index >= 15 is 0 Å². The lowest BCUT2D eigenvalue weighted by Crippen LogP contribution is -2.13.